The van der Waals surface area contributed by atoms with Gasteiger partial charge in [-0.2, -0.15) is 0 Å². The first kappa shape index (κ1) is 13.8. The minimum atomic E-state index is -0.770. The van der Waals surface area contributed by atoms with E-state index in [0.717, 1.165) is 24.3 Å². The summed E-state index contributed by atoms with van der Waals surface area (Å²) < 4.78 is 26.0. The highest BCUT2D eigenvalue weighted by atomic mass is 32.2. The van der Waals surface area contributed by atoms with Crippen molar-refractivity contribution in [1.82, 2.24) is 5.32 Å². The Morgan fingerprint density at radius 3 is 2.83 bits per heavy atom. The van der Waals surface area contributed by atoms with Gasteiger partial charge in [-0.05, 0) is 44.0 Å². The number of benzene rings is 1. The number of nitrogens with one attached hydrogen (secondary N) is 1. The van der Waals surface area contributed by atoms with Crippen molar-refractivity contribution >= 4 is 11.8 Å². The van der Waals surface area contributed by atoms with Crippen LogP contribution in [0, 0.1) is 11.6 Å². The fourth-order valence-electron chi connectivity index (χ4n) is 2.47. The SMILES string of the molecule is CCNC1CCCC(Sc2ccc(F)c(F)c2)C1. The third kappa shape index (κ3) is 3.69. The Balaban J connectivity index is 1.93. The highest BCUT2D eigenvalue weighted by Gasteiger charge is 2.22. The topological polar surface area (TPSA) is 12.0 Å². The molecule has 2 atom stereocenters. The molecule has 1 aromatic rings. The van der Waals surface area contributed by atoms with E-state index < -0.39 is 11.6 Å². The van der Waals surface area contributed by atoms with Gasteiger partial charge in [0.15, 0.2) is 11.6 Å². The second-order valence-corrected chi connectivity index (χ2v) is 6.11. The smallest absolute Gasteiger partial charge is 0.159 e. The lowest BCUT2D eigenvalue weighted by Crippen LogP contribution is -2.34. The number of hydrogen-bond acceptors (Lipinski definition) is 2. The van der Waals surface area contributed by atoms with E-state index in [0.29, 0.717) is 11.3 Å². The lowest BCUT2D eigenvalue weighted by molar-refractivity contribution is 0.387. The maximum Gasteiger partial charge on any atom is 0.159 e. The van der Waals surface area contributed by atoms with Crippen molar-refractivity contribution in [2.45, 2.75) is 48.8 Å². The second-order valence-electron chi connectivity index (χ2n) is 4.74. The highest BCUT2D eigenvalue weighted by molar-refractivity contribution is 8.00. The van der Waals surface area contributed by atoms with Gasteiger partial charge in [0.05, 0.1) is 0 Å². The Hall–Kier alpha value is -0.610. The Bertz CT molecular complexity index is 395. The van der Waals surface area contributed by atoms with Crippen molar-refractivity contribution in [3.8, 4) is 0 Å². The predicted molar refractivity (Wildman–Crippen MR) is 71.9 cm³/mol. The molecule has 1 fully saturated rings. The lowest BCUT2D eigenvalue weighted by atomic mass is 9.95. The van der Waals surface area contributed by atoms with Gasteiger partial charge < -0.3 is 5.32 Å². The average molecular weight is 271 g/mol. The molecule has 0 aliphatic heterocycles. The van der Waals surface area contributed by atoms with Gasteiger partial charge in [0.1, 0.15) is 0 Å². The van der Waals surface area contributed by atoms with E-state index in [1.165, 1.54) is 25.0 Å². The molecule has 18 heavy (non-hydrogen) atoms. The van der Waals surface area contributed by atoms with Gasteiger partial charge >= 0.3 is 0 Å². The van der Waals surface area contributed by atoms with Gasteiger partial charge in [-0.1, -0.05) is 13.3 Å². The van der Waals surface area contributed by atoms with Gasteiger partial charge in [0, 0.05) is 16.2 Å². The summed E-state index contributed by atoms with van der Waals surface area (Å²) in [7, 11) is 0. The van der Waals surface area contributed by atoms with E-state index in [1.54, 1.807) is 17.8 Å². The molecule has 1 saturated carbocycles. The summed E-state index contributed by atoms with van der Waals surface area (Å²) in [4.78, 5) is 0.830. The van der Waals surface area contributed by atoms with Crippen molar-refractivity contribution in [2.75, 3.05) is 6.54 Å². The monoisotopic (exact) mass is 271 g/mol. The second kappa shape index (κ2) is 6.53. The molecule has 1 N–H and O–H groups in total. The lowest BCUT2D eigenvalue weighted by Gasteiger charge is -2.29. The highest BCUT2D eigenvalue weighted by Crippen LogP contribution is 2.34. The minimum Gasteiger partial charge on any atom is -0.314 e. The van der Waals surface area contributed by atoms with E-state index in [4.69, 9.17) is 0 Å². The van der Waals surface area contributed by atoms with Crippen LogP contribution in [0.15, 0.2) is 23.1 Å². The summed E-state index contributed by atoms with van der Waals surface area (Å²) in [5.74, 6) is -1.52. The molecule has 0 spiro atoms. The Labute approximate surface area is 111 Å². The van der Waals surface area contributed by atoms with Crippen molar-refractivity contribution in [2.24, 2.45) is 0 Å². The molecule has 2 rings (SSSR count). The first-order valence-electron chi connectivity index (χ1n) is 6.54. The maximum atomic E-state index is 13.1. The summed E-state index contributed by atoms with van der Waals surface area (Å²) in [6, 6.07) is 4.76. The Kier molecular flexibility index (Phi) is 5.01. The molecule has 2 unspecified atom stereocenters. The molecule has 0 amide bonds. The van der Waals surface area contributed by atoms with Crippen molar-refractivity contribution in [3.05, 3.63) is 29.8 Å². The van der Waals surface area contributed by atoms with E-state index in [9.17, 15) is 8.78 Å². The van der Waals surface area contributed by atoms with Crippen LogP contribution in [0.2, 0.25) is 0 Å². The zero-order valence-corrected chi connectivity index (χ0v) is 11.4. The summed E-state index contributed by atoms with van der Waals surface area (Å²) >= 11 is 1.67. The van der Waals surface area contributed by atoms with E-state index in [-0.39, 0.29) is 0 Å². The molecule has 4 heteroatoms. The van der Waals surface area contributed by atoms with Crippen LogP contribution in [0.5, 0.6) is 0 Å². The summed E-state index contributed by atoms with van der Waals surface area (Å²) in [6.07, 6.45) is 4.70. The zero-order valence-electron chi connectivity index (χ0n) is 10.6. The molecule has 0 heterocycles. The Morgan fingerprint density at radius 2 is 2.11 bits per heavy atom. The third-order valence-electron chi connectivity index (χ3n) is 3.31. The molecule has 0 radical (unpaired) electrons. The standard InChI is InChI=1S/C14H19F2NS/c1-2-17-10-4-3-5-11(8-10)18-12-6-7-13(15)14(16)9-12/h6-7,9-11,17H,2-5,8H2,1H3. The third-order valence-corrected chi connectivity index (χ3v) is 4.60. The van der Waals surface area contributed by atoms with Crippen molar-refractivity contribution < 1.29 is 8.78 Å². The average Bonchev–Trinajstić information content (AvgIpc) is 2.35. The van der Waals surface area contributed by atoms with Crippen LogP contribution in [-0.2, 0) is 0 Å². The molecular weight excluding hydrogens is 252 g/mol. The van der Waals surface area contributed by atoms with Crippen LogP contribution in [0.25, 0.3) is 0 Å². The number of hydrogen-bond donors (Lipinski definition) is 1. The van der Waals surface area contributed by atoms with Gasteiger partial charge in [-0.3, -0.25) is 0 Å². The van der Waals surface area contributed by atoms with Crippen LogP contribution in [0.1, 0.15) is 32.6 Å². The van der Waals surface area contributed by atoms with Crippen molar-refractivity contribution in [3.63, 3.8) is 0 Å². The quantitative estimate of drug-likeness (QED) is 0.889. The normalized spacial score (nSPS) is 24.2. The zero-order chi connectivity index (χ0) is 13.0. The molecular formula is C14H19F2NS. The van der Waals surface area contributed by atoms with Crippen LogP contribution in [0.3, 0.4) is 0 Å². The van der Waals surface area contributed by atoms with Gasteiger partial charge in [-0.15, -0.1) is 11.8 Å². The van der Waals surface area contributed by atoms with Crippen LogP contribution in [-0.4, -0.2) is 17.8 Å². The minimum absolute atomic E-state index is 0.507. The van der Waals surface area contributed by atoms with E-state index in [2.05, 4.69) is 12.2 Å². The summed E-state index contributed by atoms with van der Waals surface area (Å²) in [5, 5.41) is 3.98. The number of rotatable bonds is 4. The fraction of sp³-hybridized carbons (Fsp3) is 0.571. The molecule has 1 nitrogen and oxygen atoms in total. The molecule has 0 aromatic heterocycles. The van der Waals surface area contributed by atoms with Crippen LogP contribution in [0.4, 0.5) is 8.78 Å². The largest absolute Gasteiger partial charge is 0.314 e. The first-order chi connectivity index (χ1) is 8.69. The summed E-state index contributed by atoms with van der Waals surface area (Å²) in [5.41, 5.74) is 0. The molecule has 1 aliphatic carbocycles. The summed E-state index contributed by atoms with van der Waals surface area (Å²) in [6.45, 7) is 3.11. The molecule has 0 bridgehead atoms. The molecule has 1 aromatic carbocycles. The first-order valence-corrected chi connectivity index (χ1v) is 7.42. The molecule has 100 valence electrons. The Morgan fingerprint density at radius 1 is 1.28 bits per heavy atom. The maximum absolute atomic E-state index is 13.1. The fourth-order valence-corrected chi connectivity index (χ4v) is 3.78. The van der Waals surface area contributed by atoms with Crippen LogP contribution >= 0.6 is 11.8 Å². The van der Waals surface area contributed by atoms with Crippen molar-refractivity contribution in [1.29, 1.82) is 0 Å². The predicted octanol–water partition coefficient (Wildman–Crippen LogP) is 3.98. The molecule has 0 saturated heterocycles. The van der Waals surface area contributed by atoms with E-state index >= 15 is 0 Å². The van der Waals surface area contributed by atoms with Gasteiger partial charge in [-0.25, -0.2) is 8.78 Å². The number of halogens is 2. The molecule has 1 aliphatic rings. The van der Waals surface area contributed by atoms with E-state index in [1.807, 2.05) is 0 Å². The number of thioether (sulfide) groups is 1. The van der Waals surface area contributed by atoms with Crippen LogP contribution < -0.4 is 5.32 Å². The van der Waals surface area contributed by atoms with Gasteiger partial charge in [0.2, 0.25) is 0 Å². The van der Waals surface area contributed by atoms with Gasteiger partial charge in [0.25, 0.3) is 0 Å².